The topological polar surface area (TPSA) is 48.4 Å². The molecule has 4 heteroatoms. The van der Waals surface area contributed by atoms with Crippen LogP contribution in [0.25, 0.3) is 11.1 Å². The summed E-state index contributed by atoms with van der Waals surface area (Å²) in [4.78, 5) is 6.46. The average Bonchev–Trinajstić information content (AvgIpc) is 3.11. The zero-order valence-electron chi connectivity index (χ0n) is 16.9. The van der Waals surface area contributed by atoms with E-state index in [1.807, 2.05) is 18.2 Å². The van der Waals surface area contributed by atoms with Crippen molar-refractivity contribution in [1.29, 1.82) is 0 Å². The molecule has 1 aliphatic heterocycles. The number of aromatic nitrogens is 1. The molecule has 0 radical (unpaired) electrons. The number of phenolic OH excluding ortho intramolecular Hbond substituents is 1. The van der Waals surface area contributed by atoms with Crippen molar-refractivity contribution in [1.82, 2.24) is 4.98 Å². The third-order valence-corrected chi connectivity index (χ3v) is 5.41. The van der Waals surface area contributed by atoms with Crippen LogP contribution in [0.1, 0.15) is 50.7 Å². The van der Waals surface area contributed by atoms with Gasteiger partial charge in [0.2, 0.25) is 0 Å². The van der Waals surface area contributed by atoms with Gasteiger partial charge in [0.25, 0.3) is 0 Å². The number of pyridine rings is 1. The number of rotatable bonds is 4. The highest BCUT2D eigenvalue weighted by molar-refractivity contribution is 5.84. The third kappa shape index (κ3) is 3.09. The number of fused-ring (bicyclic) bond motifs is 1. The fourth-order valence-corrected chi connectivity index (χ4v) is 3.98. The van der Waals surface area contributed by atoms with Crippen molar-refractivity contribution in [3.63, 3.8) is 0 Å². The molecule has 1 aliphatic rings. The van der Waals surface area contributed by atoms with Crippen molar-refractivity contribution in [3.8, 4) is 16.9 Å². The molecule has 0 saturated heterocycles. The molecule has 0 aliphatic carbocycles. The van der Waals surface area contributed by atoms with Crippen molar-refractivity contribution in [2.45, 2.75) is 39.5 Å². The highest BCUT2D eigenvalue weighted by Gasteiger charge is 2.24. The third-order valence-electron chi connectivity index (χ3n) is 5.41. The molecule has 0 saturated carbocycles. The summed E-state index contributed by atoms with van der Waals surface area (Å²) < 4.78 is 0. The van der Waals surface area contributed by atoms with Crippen LogP contribution in [0.4, 0.5) is 17.2 Å². The van der Waals surface area contributed by atoms with E-state index in [0.29, 0.717) is 18.5 Å². The Morgan fingerprint density at radius 3 is 2.32 bits per heavy atom. The van der Waals surface area contributed by atoms with Crippen LogP contribution < -0.4 is 10.2 Å². The van der Waals surface area contributed by atoms with Gasteiger partial charge in [0.05, 0.1) is 18.0 Å². The maximum absolute atomic E-state index is 10.6. The number of nitrogens with zero attached hydrogens (tertiary/aromatic N) is 2. The lowest BCUT2D eigenvalue weighted by Gasteiger charge is -2.23. The van der Waals surface area contributed by atoms with Gasteiger partial charge in [-0.1, -0.05) is 52.0 Å². The van der Waals surface area contributed by atoms with Crippen LogP contribution in [0.3, 0.4) is 0 Å². The second kappa shape index (κ2) is 7.19. The monoisotopic (exact) mass is 373 g/mol. The highest BCUT2D eigenvalue weighted by Crippen LogP contribution is 2.43. The smallest absolute Gasteiger partial charge is 0.151 e. The van der Waals surface area contributed by atoms with Crippen molar-refractivity contribution in [2.24, 2.45) is 0 Å². The van der Waals surface area contributed by atoms with Gasteiger partial charge >= 0.3 is 0 Å². The normalized spacial score (nSPS) is 13.1. The van der Waals surface area contributed by atoms with Crippen LogP contribution in [0.15, 0.2) is 54.7 Å². The molecule has 3 aromatic rings. The molecule has 144 valence electrons. The molecule has 4 rings (SSSR count). The van der Waals surface area contributed by atoms with Crippen molar-refractivity contribution in [3.05, 3.63) is 65.9 Å². The van der Waals surface area contributed by atoms with Gasteiger partial charge in [0.1, 0.15) is 5.75 Å². The zero-order chi connectivity index (χ0) is 19.8. The Kier molecular flexibility index (Phi) is 4.71. The van der Waals surface area contributed by atoms with Gasteiger partial charge in [-0.2, -0.15) is 0 Å². The second-order valence-corrected chi connectivity index (χ2v) is 7.96. The number of hydrogen-bond acceptors (Lipinski definition) is 4. The minimum Gasteiger partial charge on any atom is -0.506 e. The Morgan fingerprint density at radius 2 is 1.64 bits per heavy atom. The van der Waals surface area contributed by atoms with Crippen LogP contribution in [-0.2, 0) is 0 Å². The van der Waals surface area contributed by atoms with E-state index in [1.165, 1.54) is 16.7 Å². The van der Waals surface area contributed by atoms with E-state index in [1.54, 1.807) is 12.3 Å². The zero-order valence-corrected chi connectivity index (χ0v) is 16.9. The molecular formula is C24H27N3O. The van der Waals surface area contributed by atoms with E-state index in [0.717, 1.165) is 22.8 Å². The molecular weight excluding hydrogens is 346 g/mol. The fourth-order valence-electron chi connectivity index (χ4n) is 3.98. The van der Waals surface area contributed by atoms with E-state index in [2.05, 4.69) is 67.2 Å². The molecule has 2 N–H and O–H groups in total. The summed E-state index contributed by atoms with van der Waals surface area (Å²) in [6, 6.07) is 16.5. The van der Waals surface area contributed by atoms with Gasteiger partial charge in [-0.15, -0.1) is 0 Å². The Hall–Kier alpha value is -3.01. The number of phenols is 1. The van der Waals surface area contributed by atoms with Gasteiger partial charge in [-0.05, 0) is 58.4 Å². The largest absolute Gasteiger partial charge is 0.506 e. The number of hydrogen-bond donors (Lipinski definition) is 2. The second-order valence-electron chi connectivity index (χ2n) is 7.96. The van der Waals surface area contributed by atoms with Crippen molar-refractivity contribution >= 4 is 17.2 Å². The number of anilines is 3. The van der Waals surface area contributed by atoms with Crippen LogP contribution in [0, 0.1) is 0 Å². The molecule has 2 aromatic carbocycles. The maximum atomic E-state index is 10.6. The fraction of sp³-hybridized carbons (Fsp3) is 0.292. The average molecular weight is 374 g/mol. The van der Waals surface area contributed by atoms with E-state index >= 15 is 0 Å². The van der Waals surface area contributed by atoms with Crippen molar-refractivity contribution in [2.75, 3.05) is 16.9 Å². The summed E-state index contributed by atoms with van der Waals surface area (Å²) in [6.45, 7) is 9.52. The highest BCUT2D eigenvalue weighted by atomic mass is 16.3. The van der Waals surface area contributed by atoms with Crippen LogP contribution in [-0.4, -0.2) is 16.8 Å². The van der Waals surface area contributed by atoms with Crippen molar-refractivity contribution < 1.29 is 5.11 Å². The lowest BCUT2D eigenvalue weighted by molar-refractivity contribution is 0.476. The van der Waals surface area contributed by atoms with Crippen LogP contribution in [0.5, 0.6) is 5.75 Å². The van der Waals surface area contributed by atoms with Gasteiger partial charge in [-0.3, -0.25) is 0 Å². The molecule has 4 nitrogen and oxygen atoms in total. The molecule has 1 aromatic heterocycles. The van der Waals surface area contributed by atoms with E-state index in [4.69, 9.17) is 0 Å². The Morgan fingerprint density at radius 1 is 0.929 bits per heavy atom. The molecule has 0 atom stereocenters. The first-order valence-electron chi connectivity index (χ1n) is 9.90. The standard InChI is InChI=1S/C24H27N3O/c1-15(2)18-7-5-8-19(16(3)4)23(18)17-10-11-22(28)21(13-17)27-14-26-24-20(27)9-6-12-25-24/h5-13,15-16,28H,14H2,1-4H3,(H,25,26). The Labute approximate surface area is 166 Å². The minimum atomic E-state index is 0.273. The predicted octanol–water partition coefficient (Wildman–Crippen LogP) is 6.22. The molecule has 0 amide bonds. The SMILES string of the molecule is CC(C)c1cccc(C(C)C)c1-c1ccc(O)c(N2CNc3ncccc32)c1. The Bertz CT molecular complexity index is 984. The first kappa shape index (κ1) is 18.4. The first-order chi connectivity index (χ1) is 13.5. The summed E-state index contributed by atoms with van der Waals surface area (Å²) in [7, 11) is 0. The molecule has 0 unspecified atom stereocenters. The molecule has 2 heterocycles. The molecule has 0 spiro atoms. The lowest BCUT2D eigenvalue weighted by Crippen LogP contribution is -2.16. The molecule has 0 bridgehead atoms. The summed E-state index contributed by atoms with van der Waals surface area (Å²) in [5.74, 6) is 1.96. The summed E-state index contributed by atoms with van der Waals surface area (Å²) in [5, 5.41) is 13.9. The number of benzene rings is 2. The Balaban J connectivity index is 1.88. The quantitative estimate of drug-likeness (QED) is 0.570. The van der Waals surface area contributed by atoms with Gasteiger partial charge in [0.15, 0.2) is 5.82 Å². The van der Waals surface area contributed by atoms with Gasteiger partial charge in [-0.25, -0.2) is 4.98 Å². The summed E-state index contributed by atoms with van der Waals surface area (Å²) in [5.41, 5.74) is 6.88. The van der Waals surface area contributed by atoms with E-state index in [9.17, 15) is 5.11 Å². The summed E-state index contributed by atoms with van der Waals surface area (Å²) in [6.07, 6.45) is 1.78. The summed E-state index contributed by atoms with van der Waals surface area (Å²) >= 11 is 0. The molecule has 28 heavy (non-hydrogen) atoms. The maximum Gasteiger partial charge on any atom is 0.151 e. The van der Waals surface area contributed by atoms with Crippen LogP contribution >= 0.6 is 0 Å². The molecule has 0 fully saturated rings. The van der Waals surface area contributed by atoms with Crippen LogP contribution in [0.2, 0.25) is 0 Å². The lowest BCUT2D eigenvalue weighted by atomic mass is 9.85. The van der Waals surface area contributed by atoms with E-state index in [-0.39, 0.29) is 5.75 Å². The van der Waals surface area contributed by atoms with Gasteiger partial charge < -0.3 is 15.3 Å². The van der Waals surface area contributed by atoms with E-state index < -0.39 is 0 Å². The minimum absolute atomic E-state index is 0.273. The number of nitrogens with one attached hydrogen (secondary N) is 1. The van der Waals surface area contributed by atoms with Gasteiger partial charge in [0, 0.05) is 6.20 Å². The number of aromatic hydroxyl groups is 1. The predicted molar refractivity (Wildman–Crippen MR) is 117 cm³/mol. The first-order valence-corrected chi connectivity index (χ1v) is 9.90.